The third kappa shape index (κ3) is 14.7. The maximum atomic E-state index is 14.4. The number of hydrogen-bond acceptors (Lipinski definition) is 18. The van der Waals surface area contributed by atoms with Crippen molar-refractivity contribution in [2.45, 2.75) is 205 Å². The number of aliphatic hydroxyl groups is 4. The van der Waals surface area contributed by atoms with Crippen LogP contribution in [0.5, 0.6) is 5.75 Å². The largest absolute Gasteiger partial charge is 0.494 e. The number of ketones is 1. The minimum atomic E-state index is -2.01. The molecule has 19 atom stereocenters. The van der Waals surface area contributed by atoms with Gasteiger partial charge in [0.15, 0.2) is 12.6 Å². The maximum absolute atomic E-state index is 14.4. The molecule has 0 unspecified atom stereocenters. The van der Waals surface area contributed by atoms with Gasteiger partial charge >= 0.3 is 5.97 Å². The van der Waals surface area contributed by atoms with Crippen molar-refractivity contribution >= 4 is 23.3 Å². The number of nitrogens with zero attached hydrogens (tertiary/aromatic N) is 2. The van der Waals surface area contributed by atoms with Crippen molar-refractivity contribution in [3.63, 3.8) is 0 Å². The van der Waals surface area contributed by atoms with Crippen LogP contribution < -0.4 is 15.0 Å². The number of anilines is 1. The van der Waals surface area contributed by atoms with Crippen LogP contribution in [0.25, 0.3) is 0 Å². The van der Waals surface area contributed by atoms with Gasteiger partial charge in [-0.25, -0.2) is 0 Å². The van der Waals surface area contributed by atoms with Gasteiger partial charge in [0.2, 0.25) is 5.91 Å². The minimum absolute atomic E-state index is 0.0507. The molecule has 4 aliphatic rings. The second kappa shape index (κ2) is 26.3. The second-order valence-corrected chi connectivity index (χ2v) is 22.0. The lowest BCUT2D eigenvalue weighted by molar-refractivity contribution is -0.319. The number of esters is 1. The second-order valence-electron chi connectivity index (χ2n) is 22.0. The summed E-state index contributed by atoms with van der Waals surface area (Å²) < 4.78 is 56.1. The van der Waals surface area contributed by atoms with Crippen LogP contribution in [-0.4, -0.2) is 195 Å². The quantitative estimate of drug-likeness (QED) is 0.103. The van der Waals surface area contributed by atoms with E-state index in [2.05, 4.69) is 22.3 Å². The number of aliphatic hydroxyl groups excluding tert-OH is 3. The number of rotatable bonds is 18. The molecular formula is C54H91N3O16. The summed E-state index contributed by atoms with van der Waals surface area (Å²) in [5.74, 6) is -4.18. The summed E-state index contributed by atoms with van der Waals surface area (Å²) in [6.07, 6.45) is -7.84. The van der Waals surface area contributed by atoms with E-state index < -0.39 is 114 Å². The molecule has 0 aliphatic carbocycles. The van der Waals surface area contributed by atoms with Crippen LogP contribution in [0.3, 0.4) is 0 Å². The topological polar surface area (TPSA) is 234 Å². The van der Waals surface area contributed by atoms with E-state index >= 15 is 0 Å². The molecule has 4 heterocycles. The molecule has 1 amide bonds. The summed E-state index contributed by atoms with van der Waals surface area (Å²) in [4.78, 5) is 46.0. The van der Waals surface area contributed by atoms with Crippen molar-refractivity contribution in [1.29, 1.82) is 0 Å². The molecule has 19 nitrogen and oxygen atoms in total. The average molecular weight is 1040 g/mol. The Hall–Kier alpha value is -3.05. The van der Waals surface area contributed by atoms with Crippen molar-refractivity contribution in [3.05, 3.63) is 24.3 Å². The highest BCUT2D eigenvalue weighted by Crippen LogP contribution is 2.42. The highest BCUT2D eigenvalue weighted by atomic mass is 16.7. The minimum Gasteiger partial charge on any atom is -0.494 e. The summed E-state index contributed by atoms with van der Waals surface area (Å²) in [7, 11) is 6.57. The van der Waals surface area contributed by atoms with Crippen LogP contribution in [0.2, 0.25) is 0 Å². The number of amides is 1. The van der Waals surface area contributed by atoms with E-state index in [0.29, 0.717) is 32.5 Å². The first-order valence-electron chi connectivity index (χ1n) is 26.5. The summed E-state index contributed by atoms with van der Waals surface area (Å²) in [5, 5.41) is 49.7. The summed E-state index contributed by atoms with van der Waals surface area (Å²) in [6.45, 7) is 19.9. The van der Waals surface area contributed by atoms with Crippen LogP contribution in [0.15, 0.2) is 24.3 Å². The fourth-order valence-corrected chi connectivity index (χ4v) is 11.4. The highest BCUT2D eigenvalue weighted by Gasteiger charge is 2.54. The van der Waals surface area contributed by atoms with Gasteiger partial charge in [-0.05, 0) is 105 Å². The molecule has 418 valence electrons. The predicted octanol–water partition coefficient (Wildman–Crippen LogP) is 4.01. The van der Waals surface area contributed by atoms with Crippen LogP contribution in [0, 0.1) is 23.7 Å². The van der Waals surface area contributed by atoms with Gasteiger partial charge in [0, 0.05) is 89.8 Å². The number of methoxy groups -OCH3 is 3. The molecule has 0 spiro atoms. The van der Waals surface area contributed by atoms with Crippen molar-refractivity contribution in [3.8, 4) is 5.75 Å². The first-order valence-corrected chi connectivity index (χ1v) is 26.5. The number of carbonyl (C=O) groups is 3. The standard InChI is InChI=1S/C54H91N3O16/c1-15-41-54(10,64)47(61)33(4)44(59)31(2)28-53(9,67-14)49(34(5)46(35(6)50(63)71-41)72-43-29-52(8,66-13)48(62)36(7)70-43)73-51-45(60)40(27-32(3)69-51)56(11)24-22-42(58)55-23-16-26-68-38-19-17-37(18-20-38)57-25-21-39(30-57)65-12/h17-20,31-36,39-41,43,45-49,51,60-62,64H,15-16,21-30H2,1-14H3,(H,55,58)/t31-,32-,33+,34+,35-,36+,39+,40+,41-,43+,45-,46+,47-,48+,49-,51-,52-,53-,54-/m1/s1. The number of benzene rings is 1. The normalized spacial score (nSPS) is 40.3. The van der Waals surface area contributed by atoms with Gasteiger partial charge in [0.05, 0.1) is 60.4 Å². The molecule has 0 radical (unpaired) electrons. The van der Waals surface area contributed by atoms with Crippen LogP contribution in [0.1, 0.15) is 114 Å². The molecule has 0 saturated carbocycles. The Labute approximate surface area is 434 Å². The van der Waals surface area contributed by atoms with Crippen molar-refractivity contribution in [1.82, 2.24) is 10.2 Å². The van der Waals surface area contributed by atoms with E-state index in [1.54, 1.807) is 55.6 Å². The van der Waals surface area contributed by atoms with Crippen LogP contribution in [0.4, 0.5) is 5.69 Å². The van der Waals surface area contributed by atoms with E-state index in [4.69, 9.17) is 42.6 Å². The Morgan fingerprint density at radius 3 is 2.19 bits per heavy atom. The fourth-order valence-electron chi connectivity index (χ4n) is 11.4. The number of Topliss-reactive ketones (excluding diaryl/α,β-unsaturated/α-hetero) is 1. The molecule has 73 heavy (non-hydrogen) atoms. The molecule has 19 heteroatoms. The number of nitrogens with one attached hydrogen (secondary N) is 1. The fraction of sp³-hybridized carbons (Fsp3) is 0.833. The first kappa shape index (κ1) is 60.8. The monoisotopic (exact) mass is 1040 g/mol. The highest BCUT2D eigenvalue weighted by molar-refractivity contribution is 5.83. The number of ether oxygens (including phenoxy) is 9. The molecule has 0 aromatic heterocycles. The van der Waals surface area contributed by atoms with Crippen LogP contribution in [-0.2, 0) is 52.3 Å². The maximum Gasteiger partial charge on any atom is 0.311 e. The molecule has 1 aromatic carbocycles. The van der Waals surface area contributed by atoms with E-state index in [1.165, 1.54) is 21.1 Å². The number of hydrogen-bond donors (Lipinski definition) is 5. The summed E-state index contributed by atoms with van der Waals surface area (Å²) >= 11 is 0. The summed E-state index contributed by atoms with van der Waals surface area (Å²) in [6, 6.07) is 7.51. The zero-order valence-corrected chi connectivity index (χ0v) is 46.1. The Bertz CT molecular complexity index is 1910. The summed E-state index contributed by atoms with van der Waals surface area (Å²) in [5.41, 5.74) is -3.30. The molecule has 0 bridgehead atoms. The predicted molar refractivity (Wildman–Crippen MR) is 272 cm³/mol. The lowest BCUT2D eigenvalue weighted by atomic mass is 9.74. The number of likely N-dealkylation sites (N-methyl/N-ethyl adjacent to an activating group) is 1. The lowest BCUT2D eigenvalue weighted by Crippen LogP contribution is -2.61. The van der Waals surface area contributed by atoms with Gasteiger partial charge < -0.3 is 78.2 Å². The van der Waals surface area contributed by atoms with Gasteiger partial charge in [-0.3, -0.25) is 14.4 Å². The Kier molecular flexibility index (Phi) is 21.9. The van der Waals surface area contributed by atoms with E-state index in [-0.39, 0.29) is 43.5 Å². The van der Waals surface area contributed by atoms with Gasteiger partial charge in [0.25, 0.3) is 0 Å². The van der Waals surface area contributed by atoms with Gasteiger partial charge in [-0.15, -0.1) is 0 Å². The zero-order chi connectivity index (χ0) is 54.2. The smallest absolute Gasteiger partial charge is 0.311 e. The Balaban J connectivity index is 1.32. The molecule has 4 aliphatic heterocycles. The van der Waals surface area contributed by atoms with Crippen molar-refractivity contribution in [2.75, 3.05) is 66.1 Å². The average Bonchev–Trinajstić information content (AvgIpc) is 3.86. The van der Waals surface area contributed by atoms with Crippen molar-refractivity contribution in [2.24, 2.45) is 23.7 Å². The van der Waals surface area contributed by atoms with E-state index in [0.717, 1.165) is 30.9 Å². The molecule has 5 N–H and O–H groups in total. The zero-order valence-electron chi connectivity index (χ0n) is 46.1. The third-order valence-corrected chi connectivity index (χ3v) is 16.5. The molecule has 5 rings (SSSR count). The Morgan fingerprint density at radius 1 is 0.904 bits per heavy atom. The molecule has 4 saturated heterocycles. The van der Waals surface area contributed by atoms with Gasteiger partial charge in [-0.1, -0.05) is 27.7 Å². The van der Waals surface area contributed by atoms with Crippen LogP contribution >= 0.6 is 0 Å². The van der Waals surface area contributed by atoms with Crippen molar-refractivity contribution < 1.29 is 77.4 Å². The third-order valence-electron chi connectivity index (χ3n) is 16.5. The molecule has 1 aromatic rings. The van der Waals surface area contributed by atoms with Gasteiger partial charge in [-0.2, -0.15) is 0 Å². The number of cyclic esters (lactones) is 1. The van der Waals surface area contributed by atoms with E-state index in [1.807, 2.05) is 37.9 Å². The molecular weight excluding hydrogens is 947 g/mol. The SMILES string of the molecule is CC[C@H]1OC(=O)[C@H](C)[C@@H](O[C@H]2C[C@@](C)(OC)[C@@H](O)[C@H](C)O2)[C@H](C)[C@@H](O[C@H]2O[C@H](C)C[C@H](N(C)CCC(=O)NCCCOc3ccc(N4CC[C@H](OC)C4)cc3)[C@H]2O)[C@](C)(OC)C[C@@H](C)C(=O)[C@H](C)[C@@H](O)[C@]1(C)O. The van der Waals surface area contributed by atoms with E-state index in [9.17, 15) is 34.8 Å². The van der Waals surface area contributed by atoms with Gasteiger partial charge in [0.1, 0.15) is 35.4 Å². The molecule has 4 fully saturated rings. The lowest BCUT2D eigenvalue weighted by Gasteiger charge is -2.50. The first-order chi connectivity index (χ1) is 34.3. The number of carbonyl (C=O) groups excluding carboxylic acids is 3. The Morgan fingerprint density at radius 2 is 1.58 bits per heavy atom.